The molecule has 4 N–H and O–H groups in total. The topological polar surface area (TPSA) is 111 Å². The number of aliphatic hydroxyl groups excluding tert-OH is 1. The van der Waals surface area contributed by atoms with E-state index in [9.17, 15) is 9.59 Å². The summed E-state index contributed by atoms with van der Waals surface area (Å²) in [6, 6.07) is 13.5. The lowest BCUT2D eigenvalue weighted by molar-refractivity contribution is 0.0696. The summed E-state index contributed by atoms with van der Waals surface area (Å²) < 4.78 is 0. The first-order valence-corrected chi connectivity index (χ1v) is 14.5. The summed E-state index contributed by atoms with van der Waals surface area (Å²) in [5.74, 6) is -0.178. The molecule has 8 nitrogen and oxygen atoms in total. The van der Waals surface area contributed by atoms with Crippen LogP contribution >= 0.6 is 0 Å². The number of anilines is 1. The van der Waals surface area contributed by atoms with E-state index in [4.69, 9.17) is 5.11 Å². The quantitative estimate of drug-likeness (QED) is 0.188. The van der Waals surface area contributed by atoms with Gasteiger partial charge < -0.3 is 26.0 Å². The molecular weight excluding hydrogens is 502 g/mol. The molecule has 8 heteroatoms. The maximum absolute atomic E-state index is 13.3. The highest BCUT2D eigenvalue weighted by molar-refractivity contribution is 6.01. The minimum absolute atomic E-state index is 0.0302. The predicted molar refractivity (Wildman–Crippen MR) is 168 cm³/mol. The van der Waals surface area contributed by atoms with Gasteiger partial charge in [0.2, 0.25) is 0 Å². The average molecular weight is 554 g/mol. The van der Waals surface area contributed by atoms with Crippen molar-refractivity contribution in [2.75, 3.05) is 39.2 Å². The molecule has 1 aliphatic rings. The Balaban J connectivity index is 0.00000191. The van der Waals surface area contributed by atoms with E-state index in [2.05, 4.69) is 34.8 Å². The van der Waals surface area contributed by atoms with Gasteiger partial charge in [-0.25, -0.2) is 4.99 Å². The molecule has 2 aromatic rings. The van der Waals surface area contributed by atoms with E-state index in [1.165, 1.54) is 39.1 Å². The van der Waals surface area contributed by atoms with Gasteiger partial charge in [0.05, 0.1) is 17.7 Å². The lowest BCUT2D eigenvalue weighted by Crippen LogP contribution is -2.38. The van der Waals surface area contributed by atoms with Gasteiger partial charge in [0.15, 0.2) is 0 Å². The lowest BCUT2D eigenvalue weighted by Gasteiger charge is -2.31. The van der Waals surface area contributed by atoms with Crippen LogP contribution in [0.2, 0.25) is 0 Å². The zero-order valence-corrected chi connectivity index (χ0v) is 25.4. The summed E-state index contributed by atoms with van der Waals surface area (Å²) in [5, 5.41) is 9.78. The van der Waals surface area contributed by atoms with Crippen molar-refractivity contribution in [2.24, 2.45) is 10.7 Å². The number of rotatable bonds is 11. The van der Waals surface area contributed by atoms with E-state index < -0.39 is 0 Å². The molecule has 0 bridgehead atoms. The van der Waals surface area contributed by atoms with Crippen molar-refractivity contribution in [3.8, 4) is 0 Å². The Labute approximate surface area is 241 Å². The smallest absolute Gasteiger partial charge is 0.256 e. The molecule has 0 saturated heterocycles. The van der Waals surface area contributed by atoms with E-state index in [0.717, 1.165) is 57.1 Å². The molecule has 0 atom stereocenters. The van der Waals surface area contributed by atoms with Crippen LogP contribution in [-0.4, -0.2) is 68.5 Å². The van der Waals surface area contributed by atoms with Crippen LogP contribution in [0.1, 0.15) is 91.5 Å². The van der Waals surface area contributed by atoms with Crippen LogP contribution < -0.4 is 16.0 Å². The summed E-state index contributed by atoms with van der Waals surface area (Å²) >= 11 is 0. The number of unbranched alkanes of at least 4 members (excludes halogenated alkanes) is 2. The maximum atomic E-state index is 13.3. The largest absolute Gasteiger partial charge is 0.400 e. The first-order valence-electron chi connectivity index (χ1n) is 14.5. The summed E-state index contributed by atoms with van der Waals surface area (Å²) in [7, 11) is 4.42. The third-order valence-corrected chi connectivity index (χ3v) is 7.13. The zero-order valence-electron chi connectivity index (χ0n) is 25.4. The number of aliphatic imine (C=N–C) groups is 1. The molecule has 0 heterocycles. The third kappa shape index (κ3) is 10.7. The number of benzene rings is 2. The summed E-state index contributed by atoms with van der Waals surface area (Å²) in [6.07, 6.45) is 10.6. The number of nitrogens with one attached hydrogen (secondary N) is 1. The standard InChI is InChI=1S/C30H42N4O2.CH5N.CH4O/c1-5-7-11-20-34(6-2)28-19-18-25(30(36)33(4)26-12-9-8-10-13-26)21-27(28)31-22-32-29(35)24-16-14-23(3)15-17-24;2*1-2/h14-19,21-22,26H,5-13,20H2,1-4H3,(H,31,32,35);2H2,1H3;2H,1H3. The lowest BCUT2D eigenvalue weighted by atomic mass is 9.94. The SMILES string of the molecule is CCCCCN(CC)c1ccc(C(=O)N(C)C2CCCCC2)cc1N=CNC(=O)c1ccc(C)cc1.CN.CO. The van der Waals surface area contributed by atoms with Crippen molar-refractivity contribution < 1.29 is 14.7 Å². The van der Waals surface area contributed by atoms with Crippen LogP contribution in [0.4, 0.5) is 11.4 Å². The van der Waals surface area contributed by atoms with E-state index in [0.29, 0.717) is 22.9 Å². The number of hydrogen-bond donors (Lipinski definition) is 3. The van der Waals surface area contributed by atoms with Crippen molar-refractivity contribution >= 4 is 29.5 Å². The van der Waals surface area contributed by atoms with Crippen LogP contribution in [0, 0.1) is 6.92 Å². The fourth-order valence-corrected chi connectivity index (χ4v) is 4.82. The van der Waals surface area contributed by atoms with Crippen molar-refractivity contribution in [1.82, 2.24) is 10.2 Å². The molecule has 0 unspecified atom stereocenters. The molecule has 1 fully saturated rings. The Morgan fingerprint density at radius 2 is 1.62 bits per heavy atom. The van der Waals surface area contributed by atoms with Gasteiger partial charge in [0, 0.05) is 44.4 Å². The zero-order chi connectivity index (χ0) is 29.9. The molecule has 3 rings (SSSR count). The molecule has 0 aromatic heterocycles. The van der Waals surface area contributed by atoms with Crippen LogP contribution in [-0.2, 0) is 0 Å². The van der Waals surface area contributed by atoms with Crippen molar-refractivity contribution in [1.29, 1.82) is 0 Å². The Hall–Kier alpha value is -3.23. The fraction of sp³-hybridized carbons (Fsp3) is 0.531. The molecular formula is C32H51N5O3. The van der Waals surface area contributed by atoms with Gasteiger partial charge in [-0.05, 0) is 70.5 Å². The average Bonchev–Trinajstić information content (AvgIpc) is 3.01. The summed E-state index contributed by atoms with van der Waals surface area (Å²) in [6.45, 7) is 8.10. The minimum Gasteiger partial charge on any atom is -0.400 e. The number of carbonyl (C=O) groups excluding carboxylic acids is 2. The Bertz CT molecular complexity index is 1030. The number of carbonyl (C=O) groups is 2. The van der Waals surface area contributed by atoms with E-state index in [-0.39, 0.29) is 11.8 Å². The number of nitrogens with zero attached hydrogens (tertiary/aromatic N) is 3. The van der Waals surface area contributed by atoms with Crippen LogP contribution in [0.25, 0.3) is 0 Å². The molecule has 1 saturated carbocycles. The molecule has 2 amide bonds. The highest BCUT2D eigenvalue weighted by Crippen LogP contribution is 2.31. The first-order chi connectivity index (χ1) is 19.4. The molecule has 0 aliphatic heterocycles. The van der Waals surface area contributed by atoms with Crippen molar-refractivity contribution in [3.63, 3.8) is 0 Å². The van der Waals surface area contributed by atoms with Gasteiger partial charge >= 0.3 is 0 Å². The number of hydrogen-bond acceptors (Lipinski definition) is 6. The van der Waals surface area contributed by atoms with Gasteiger partial charge in [-0.3, -0.25) is 9.59 Å². The molecule has 0 spiro atoms. The maximum Gasteiger partial charge on any atom is 0.256 e. The Morgan fingerprint density at radius 1 is 1.00 bits per heavy atom. The van der Waals surface area contributed by atoms with Crippen LogP contribution in [0.15, 0.2) is 47.5 Å². The van der Waals surface area contributed by atoms with E-state index >= 15 is 0 Å². The molecule has 40 heavy (non-hydrogen) atoms. The Kier molecular flexibility index (Phi) is 17.2. The fourth-order valence-electron chi connectivity index (χ4n) is 4.82. The first kappa shape index (κ1) is 34.8. The molecule has 222 valence electrons. The number of nitrogens with two attached hydrogens (primary N) is 1. The summed E-state index contributed by atoms with van der Waals surface area (Å²) in [5.41, 5.74) is 8.49. The number of aliphatic hydroxyl groups is 1. The van der Waals surface area contributed by atoms with Gasteiger partial charge in [0.1, 0.15) is 0 Å². The molecule has 0 radical (unpaired) electrons. The second kappa shape index (κ2) is 19.8. The second-order valence-electron chi connectivity index (χ2n) is 9.80. The number of aryl methyl sites for hydroxylation is 1. The normalized spacial score (nSPS) is 13.0. The van der Waals surface area contributed by atoms with Crippen molar-refractivity contribution in [2.45, 2.75) is 78.2 Å². The van der Waals surface area contributed by atoms with Gasteiger partial charge in [-0.15, -0.1) is 0 Å². The highest BCUT2D eigenvalue weighted by atomic mass is 16.2. The molecule has 2 aromatic carbocycles. The Morgan fingerprint density at radius 3 is 2.23 bits per heavy atom. The van der Waals surface area contributed by atoms with Gasteiger partial charge in [-0.2, -0.15) is 0 Å². The van der Waals surface area contributed by atoms with E-state index in [1.54, 1.807) is 12.1 Å². The number of amides is 2. The second-order valence-corrected chi connectivity index (χ2v) is 9.80. The van der Waals surface area contributed by atoms with E-state index in [1.807, 2.05) is 49.2 Å². The molecule has 1 aliphatic carbocycles. The van der Waals surface area contributed by atoms with Crippen LogP contribution in [0.3, 0.4) is 0 Å². The van der Waals surface area contributed by atoms with Gasteiger partial charge in [-0.1, -0.05) is 56.7 Å². The van der Waals surface area contributed by atoms with Crippen molar-refractivity contribution in [3.05, 3.63) is 59.2 Å². The third-order valence-electron chi connectivity index (χ3n) is 7.13. The predicted octanol–water partition coefficient (Wildman–Crippen LogP) is 5.69. The van der Waals surface area contributed by atoms with Gasteiger partial charge in [0.25, 0.3) is 11.8 Å². The monoisotopic (exact) mass is 553 g/mol. The summed E-state index contributed by atoms with van der Waals surface area (Å²) in [4.78, 5) is 34.7. The highest BCUT2D eigenvalue weighted by Gasteiger charge is 2.24. The van der Waals surface area contributed by atoms with Crippen LogP contribution in [0.5, 0.6) is 0 Å². The minimum atomic E-state index is -0.208.